The molecule has 0 amide bonds. The molecular weight excluding hydrogens is 312 g/mol. The monoisotopic (exact) mass is 334 g/mol. The van der Waals surface area contributed by atoms with Crippen LogP contribution in [-0.2, 0) is 6.54 Å². The van der Waals surface area contributed by atoms with Crippen molar-refractivity contribution in [2.75, 3.05) is 31.1 Å². The molecule has 0 radical (unpaired) electrons. The minimum absolute atomic E-state index is 0.671. The highest BCUT2D eigenvalue weighted by Gasteiger charge is 2.16. The zero-order chi connectivity index (χ0) is 15.2. The van der Waals surface area contributed by atoms with Gasteiger partial charge in [-0.2, -0.15) is 11.8 Å². The Morgan fingerprint density at radius 2 is 1.95 bits per heavy atom. The second-order valence-electron chi connectivity index (χ2n) is 5.91. The molecule has 1 saturated heterocycles. The van der Waals surface area contributed by atoms with Crippen molar-refractivity contribution in [3.8, 4) is 0 Å². The van der Waals surface area contributed by atoms with E-state index in [1.807, 2.05) is 12.1 Å². The lowest BCUT2D eigenvalue weighted by atomic mass is 9.98. The van der Waals surface area contributed by atoms with Crippen molar-refractivity contribution in [1.82, 2.24) is 10.2 Å². The van der Waals surface area contributed by atoms with Crippen LogP contribution in [0.3, 0.4) is 0 Å². The van der Waals surface area contributed by atoms with E-state index < -0.39 is 0 Å². The molecule has 1 aliphatic heterocycles. The minimum atomic E-state index is 0.671. The topological polar surface area (TPSA) is 15.3 Å². The summed E-state index contributed by atoms with van der Waals surface area (Å²) in [5.41, 5.74) is 2.49. The number of rotatable bonds is 5. The van der Waals surface area contributed by atoms with E-state index in [2.05, 4.69) is 52.3 Å². The van der Waals surface area contributed by atoms with Crippen LogP contribution in [0.5, 0.6) is 0 Å². The number of hydrogen-bond acceptors (Lipinski definition) is 3. The standard InChI is InChI=1S/C18H23ClN2S/c19-17-5-1-15(2-6-17)13-20-18-7-3-16(4-8-18)14-21-9-11-22-12-10-21/h1-3,5-8,16,20H,4,9-14H2. The molecule has 1 aliphatic carbocycles. The van der Waals surface area contributed by atoms with E-state index in [0.29, 0.717) is 5.92 Å². The second-order valence-corrected chi connectivity index (χ2v) is 7.57. The summed E-state index contributed by atoms with van der Waals surface area (Å²) in [6.45, 7) is 4.56. The van der Waals surface area contributed by atoms with Crippen LogP contribution in [0.4, 0.5) is 0 Å². The van der Waals surface area contributed by atoms with Gasteiger partial charge >= 0.3 is 0 Å². The Morgan fingerprint density at radius 3 is 2.64 bits per heavy atom. The van der Waals surface area contributed by atoms with Gasteiger partial charge < -0.3 is 10.2 Å². The van der Waals surface area contributed by atoms with E-state index in [9.17, 15) is 0 Å². The van der Waals surface area contributed by atoms with E-state index in [1.165, 1.54) is 42.4 Å². The smallest absolute Gasteiger partial charge is 0.0406 e. The summed E-state index contributed by atoms with van der Waals surface area (Å²) in [6.07, 6.45) is 8.08. The Hall–Kier alpha value is -0.900. The summed E-state index contributed by atoms with van der Waals surface area (Å²) in [4.78, 5) is 2.60. The van der Waals surface area contributed by atoms with Crippen LogP contribution in [0.15, 0.2) is 48.2 Å². The predicted molar refractivity (Wildman–Crippen MR) is 97.4 cm³/mol. The molecule has 22 heavy (non-hydrogen) atoms. The first kappa shape index (κ1) is 16.0. The molecule has 1 aromatic rings. The fourth-order valence-electron chi connectivity index (χ4n) is 2.85. The number of allylic oxidation sites excluding steroid dienone is 2. The number of halogens is 1. The highest BCUT2D eigenvalue weighted by atomic mass is 35.5. The third-order valence-corrected chi connectivity index (χ3v) is 5.39. The molecule has 0 spiro atoms. The van der Waals surface area contributed by atoms with Gasteiger partial charge in [0.15, 0.2) is 0 Å². The normalized spacial score (nSPS) is 22.4. The molecule has 1 fully saturated rings. The Bertz CT molecular complexity index is 533. The SMILES string of the molecule is Clc1ccc(CNC2=CCC(CN3CCSCC3)C=C2)cc1. The van der Waals surface area contributed by atoms with Crippen LogP contribution in [0.2, 0.25) is 5.02 Å². The van der Waals surface area contributed by atoms with Crippen molar-refractivity contribution in [3.05, 3.63) is 58.8 Å². The van der Waals surface area contributed by atoms with Crippen LogP contribution < -0.4 is 5.32 Å². The van der Waals surface area contributed by atoms with Crippen molar-refractivity contribution in [2.45, 2.75) is 13.0 Å². The lowest BCUT2D eigenvalue weighted by molar-refractivity contribution is 0.272. The zero-order valence-corrected chi connectivity index (χ0v) is 14.4. The van der Waals surface area contributed by atoms with Gasteiger partial charge in [0.2, 0.25) is 0 Å². The van der Waals surface area contributed by atoms with Crippen molar-refractivity contribution >= 4 is 23.4 Å². The first-order valence-electron chi connectivity index (χ1n) is 7.96. The molecule has 1 N–H and O–H groups in total. The number of hydrogen-bond donors (Lipinski definition) is 1. The molecular formula is C18H23ClN2S. The summed E-state index contributed by atoms with van der Waals surface area (Å²) in [6, 6.07) is 8.02. The van der Waals surface area contributed by atoms with E-state index in [0.717, 1.165) is 18.0 Å². The van der Waals surface area contributed by atoms with Gasteiger partial charge in [0.05, 0.1) is 0 Å². The van der Waals surface area contributed by atoms with Crippen LogP contribution in [0.25, 0.3) is 0 Å². The molecule has 118 valence electrons. The van der Waals surface area contributed by atoms with Gasteiger partial charge in [-0.3, -0.25) is 0 Å². The summed E-state index contributed by atoms with van der Waals surface area (Å²) in [5.74, 6) is 3.25. The molecule has 0 aromatic heterocycles. The second kappa shape index (κ2) is 8.09. The van der Waals surface area contributed by atoms with Crippen molar-refractivity contribution in [3.63, 3.8) is 0 Å². The lowest BCUT2D eigenvalue weighted by Gasteiger charge is -2.29. The third-order valence-electron chi connectivity index (χ3n) is 4.19. The molecule has 1 aromatic carbocycles. The van der Waals surface area contributed by atoms with Gasteiger partial charge in [0, 0.05) is 48.4 Å². The van der Waals surface area contributed by atoms with Crippen LogP contribution in [-0.4, -0.2) is 36.0 Å². The van der Waals surface area contributed by atoms with Crippen molar-refractivity contribution in [1.29, 1.82) is 0 Å². The fraction of sp³-hybridized carbons (Fsp3) is 0.444. The summed E-state index contributed by atoms with van der Waals surface area (Å²) >= 11 is 7.98. The molecule has 3 rings (SSSR count). The number of thioether (sulfide) groups is 1. The first-order valence-corrected chi connectivity index (χ1v) is 9.49. The number of nitrogens with zero attached hydrogens (tertiary/aromatic N) is 1. The minimum Gasteiger partial charge on any atom is -0.381 e. The van der Waals surface area contributed by atoms with E-state index in [4.69, 9.17) is 11.6 Å². The van der Waals surface area contributed by atoms with Gasteiger partial charge in [-0.1, -0.05) is 35.9 Å². The van der Waals surface area contributed by atoms with E-state index in [-0.39, 0.29) is 0 Å². The summed E-state index contributed by atoms with van der Waals surface area (Å²) in [5, 5.41) is 4.29. The molecule has 4 heteroatoms. The molecule has 2 nitrogen and oxygen atoms in total. The highest BCUT2D eigenvalue weighted by molar-refractivity contribution is 7.99. The van der Waals surface area contributed by atoms with Gasteiger partial charge in [-0.05, 0) is 36.1 Å². The molecule has 2 aliphatic rings. The lowest BCUT2D eigenvalue weighted by Crippen LogP contribution is -2.36. The van der Waals surface area contributed by atoms with E-state index >= 15 is 0 Å². The molecule has 1 unspecified atom stereocenters. The first-order chi connectivity index (χ1) is 10.8. The number of benzene rings is 1. The Labute approximate surface area is 142 Å². The van der Waals surface area contributed by atoms with Gasteiger partial charge in [-0.25, -0.2) is 0 Å². The third kappa shape index (κ3) is 4.80. The molecule has 0 saturated carbocycles. The molecule has 1 atom stereocenters. The molecule has 0 bridgehead atoms. The van der Waals surface area contributed by atoms with Gasteiger partial charge in [-0.15, -0.1) is 0 Å². The van der Waals surface area contributed by atoms with Crippen molar-refractivity contribution < 1.29 is 0 Å². The summed E-state index contributed by atoms with van der Waals surface area (Å²) < 4.78 is 0. The summed E-state index contributed by atoms with van der Waals surface area (Å²) in [7, 11) is 0. The largest absolute Gasteiger partial charge is 0.381 e. The van der Waals surface area contributed by atoms with Crippen LogP contribution in [0, 0.1) is 5.92 Å². The Balaban J connectivity index is 1.43. The number of nitrogens with one attached hydrogen (secondary N) is 1. The highest BCUT2D eigenvalue weighted by Crippen LogP contribution is 2.19. The van der Waals surface area contributed by atoms with Crippen molar-refractivity contribution in [2.24, 2.45) is 5.92 Å². The Kier molecular flexibility index (Phi) is 5.88. The predicted octanol–water partition coefficient (Wildman–Crippen LogP) is 3.94. The average molecular weight is 335 g/mol. The van der Waals surface area contributed by atoms with Crippen LogP contribution >= 0.6 is 23.4 Å². The maximum absolute atomic E-state index is 5.91. The maximum atomic E-state index is 5.91. The van der Waals surface area contributed by atoms with Crippen LogP contribution in [0.1, 0.15) is 12.0 Å². The van der Waals surface area contributed by atoms with E-state index in [1.54, 1.807) is 0 Å². The maximum Gasteiger partial charge on any atom is 0.0406 e. The Morgan fingerprint density at radius 1 is 1.18 bits per heavy atom. The fourth-order valence-corrected chi connectivity index (χ4v) is 3.96. The zero-order valence-electron chi connectivity index (χ0n) is 12.8. The average Bonchev–Trinajstić information content (AvgIpc) is 2.57. The van der Waals surface area contributed by atoms with Gasteiger partial charge in [0.1, 0.15) is 0 Å². The van der Waals surface area contributed by atoms with Gasteiger partial charge in [0.25, 0.3) is 0 Å². The molecule has 1 heterocycles. The quantitative estimate of drug-likeness (QED) is 0.878.